The Morgan fingerprint density at radius 3 is 2.33 bits per heavy atom. The van der Waals surface area contributed by atoms with Crippen LogP contribution in [0.4, 0.5) is 0 Å². The van der Waals surface area contributed by atoms with Gasteiger partial charge in [-0.05, 0) is 54.6 Å². The molecule has 0 radical (unpaired) electrons. The molecule has 7 rings (SSSR count). The zero-order chi connectivity index (χ0) is 21.8. The Labute approximate surface area is 188 Å². The van der Waals surface area contributed by atoms with Crippen LogP contribution in [-0.4, -0.2) is 14.8 Å². The van der Waals surface area contributed by atoms with E-state index >= 15 is 0 Å². The van der Waals surface area contributed by atoms with Gasteiger partial charge in [0.25, 0.3) is 0 Å². The Morgan fingerprint density at radius 2 is 1.42 bits per heavy atom. The molecular formula is C28H17N3O2. The van der Waals surface area contributed by atoms with Gasteiger partial charge in [0.2, 0.25) is 11.8 Å². The molecule has 0 atom stereocenters. The Kier molecular flexibility index (Phi) is 3.78. The molecule has 5 heteroatoms. The number of benzene rings is 4. The van der Waals surface area contributed by atoms with E-state index in [4.69, 9.17) is 8.83 Å². The lowest BCUT2D eigenvalue weighted by Gasteiger charge is -2.09. The Bertz CT molecular complexity index is 1770. The topological polar surface area (TPSA) is 57.0 Å². The molecule has 0 saturated carbocycles. The summed E-state index contributed by atoms with van der Waals surface area (Å²) in [5, 5.41) is 11.9. The average Bonchev–Trinajstić information content (AvgIpc) is 3.61. The lowest BCUT2D eigenvalue weighted by atomic mass is 10.1. The summed E-state index contributed by atoms with van der Waals surface area (Å²) in [7, 11) is 0. The average molecular weight is 427 g/mol. The number of fused-ring (bicyclic) bond motifs is 5. The molecule has 5 nitrogen and oxygen atoms in total. The maximum absolute atomic E-state index is 6.00. The van der Waals surface area contributed by atoms with E-state index in [9.17, 15) is 0 Å². The maximum Gasteiger partial charge on any atom is 0.248 e. The Hall–Kier alpha value is -4.64. The summed E-state index contributed by atoms with van der Waals surface area (Å²) in [4.78, 5) is 0. The van der Waals surface area contributed by atoms with E-state index in [2.05, 4.69) is 63.3 Å². The first-order valence-electron chi connectivity index (χ1n) is 10.8. The predicted molar refractivity (Wildman–Crippen MR) is 129 cm³/mol. The van der Waals surface area contributed by atoms with Crippen LogP contribution in [0.25, 0.3) is 61.4 Å². The van der Waals surface area contributed by atoms with E-state index in [1.807, 2.05) is 48.5 Å². The minimum atomic E-state index is 0.491. The van der Waals surface area contributed by atoms with Crippen LogP contribution in [-0.2, 0) is 0 Å². The van der Waals surface area contributed by atoms with E-state index in [1.165, 1.54) is 0 Å². The molecule has 33 heavy (non-hydrogen) atoms. The van der Waals surface area contributed by atoms with Gasteiger partial charge in [-0.15, -0.1) is 10.2 Å². The van der Waals surface area contributed by atoms with Crippen molar-refractivity contribution in [1.29, 1.82) is 0 Å². The molecule has 0 amide bonds. The highest BCUT2D eigenvalue weighted by atomic mass is 16.4. The number of furan rings is 1. The number of hydrogen-bond donors (Lipinski definition) is 0. The summed E-state index contributed by atoms with van der Waals surface area (Å²) in [5.41, 5.74) is 5.90. The fourth-order valence-electron chi connectivity index (χ4n) is 4.57. The van der Waals surface area contributed by atoms with Gasteiger partial charge in [-0.25, -0.2) is 0 Å². The number of para-hydroxylation sites is 1. The van der Waals surface area contributed by atoms with Crippen molar-refractivity contribution in [3.05, 3.63) is 103 Å². The quantitative estimate of drug-likeness (QED) is 0.298. The molecule has 0 unspecified atom stereocenters. The molecule has 0 N–H and O–H groups in total. The smallest absolute Gasteiger partial charge is 0.248 e. The molecule has 0 bridgehead atoms. The number of hydrogen-bond acceptors (Lipinski definition) is 4. The van der Waals surface area contributed by atoms with Crippen LogP contribution in [0.5, 0.6) is 0 Å². The second-order valence-corrected chi connectivity index (χ2v) is 7.98. The van der Waals surface area contributed by atoms with Crippen molar-refractivity contribution in [3.63, 3.8) is 0 Å². The van der Waals surface area contributed by atoms with Crippen LogP contribution in [0, 0.1) is 0 Å². The predicted octanol–water partition coefficient (Wildman–Crippen LogP) is 7.25. The number of aromatic nitrogens is 3. The fourth-order valence-corrected chi connectivity index (χ4v) is 4.57. The van der Waals surface area contributed by atoms with Crippen molar-refractivity contribution in [2.75, 3.05) is 0 Å². The monoisotopic (exact) mass is 427 g/mol. The summed E-state index contributed by atoms with van der Waals surface area (Å²) >= 11 is 0. The van der Waals surface area contributed by atoms with E-state index in [1.54, 1.807) is 6.26 Å². The molecule has 7 aromatic rings. The third-order valence-electron chi connectivity index (χ3n) is 6.05. The summed E-state index contributed by atoms with van der Waals surface area (Å²) in [6.45, 7) is 0. The van der Waals surface area contributed by atoms with E-state index in [0.29, 0.717) is 11.8 Å². The van der Waals surface area contributed by atoms with E-state index in [-0.39, 0.29) is 0 Å². The third kappa shape index (κ3) is 2.72. The lowest BCUT2D eigenvalue weighted by Crippen LogP contribution is -1.94. The first-order valence-corrected chi connectivity index (χ1v) is 10.8. The molecule has 0 saturated heterocycles. The maximum atomic E-state index is 6.00. The SMILES string of the molecule is c1ccc(-c2nnc(-c3cccc(-n4c5ccccc5c5c6occc6ccc54)c3)o2)cc1. The van der Waals surface area contributed by atoms with Gasteiger partial charge < -0.3 is 13.4 Å². The molecule has 0 aliphatic heterocycles. The van der Waals surface area contributed by atoms with Crippen LogP contribution < -0.4 is 0 Å². The second kappa shape index (κ2) is 6.93. The van der Waals surface area contributed by atoms with Crippen LogP contribution in [0.3, 0.4) is 0 Å². The zero-order valence-electron chi connectivity index (χ0n) is 17.5. The molecule has 0 aliphatic carbocycles. The Morgan fingerprint density at radius 1 is 0.636 bits per heavy atom. The van der Waals surface area contributed by atoms with Gasteiger partial charge in [0.1, 0.15) is 5.58 Å². The van der Waals surface area contributed by atoms with Gasteiger partial charge in [-0.2, -0.15) is 0 Å². The fraction of sp³-hybridized carbons (Fsp3) is 0. The summed E-state index contributed by atoms with van der Waals surface area (Å²) in [6.07, 6.45) is 1.75. The van der Waals surface area contributed by atoms with Crippen molar-refractivity contribution in [1.82, 2.24) is 14.8 Å². The van der Waals surface area contributed by atoms with Crippen LogP contribution in [0.15, 0.2) is 112 Å². The molecule has 0 fully saturated rings. The van der Waals surface area contributed by atoms with Crippen LogP contribution in [0.2, 0.25) is 0 Å². The van der Waals surface area contributed by atoms with Gasteiger partial charge in [0.15, 0.2) is 0 Å². The first-order chi connectivity index (χ1) is 16.4. The lowest BCUT2D eigenvalue weighted by molar-refractivity contribution is 0.584. The number of nitrogens with zero attached hydrogens (tertiary/aromatic N) is 3. The molecule has 156 valence electrons. The Balaban J connectivity index is 1.43. The van der Waals surface area contributed by atoms with Gasteiger partial charge in [-0.1, -0.05) is 42.5 Å². The van der Waals surface area contributed by atoms with E-state index < -0.39 is 0 Å². The van der Waals surface area contributed by atoms with Gasteiger partial charge in [0, 0.05) is 27.6 Å². The minimum Gasteiger partial charge on any atom is -0.464 e. The molecular weight excluding hydrogens is 410 g/mol. The van der Waals surface area contributed by atoms with Gasteiger partial charge in [0.05, 0.1) is 22.7 Å². The van der Waals surface area contributed by atoms with Crippen molar-refractivity contribution in [3.8, 4) is 28.6 Å². The molecule has 0 aliphatic rings. The largest absolute Gasteiger partial charge is 0.464 e. The minimum absolute atomic E-state index is 0.491. The molecule has 3 heterocycles. The van der Waals surface area contributed by atoms with Crippen LogP contribution in [0.1, 0.15) is 0 Å². The van der Waals surface area contributed by atoms with Crippen molar-refractivity contribution in [2.45, 2.75) is 0 Å². The highest BCUT2D eigenvalue weighted by Gasteiger charge is 2.17. The molecule has 4 aromatic carbocycles. The molecule has 0 spiro atoms. The normalized spacial score (nSPS) is 11.6. The summed E-state index contributed by atoms with van der Waals surface area (Å²) < 4.78 is 14.1. The third-order valence-corrected chi connectivity index (χ3v) is 6.05. The van der Waals surface area contributed by atoms with E-state index in [0.717, 1.165) is 49.6 Å². The van der Waals surface area contributed by atoms with Crippen molar-refractivity contribution >= 4 is 32.8 Å². The van der Waals surface area contributed by atoms with Crippen molar-refractivity contribution in [2.24, 2.45) is 0 Å². The second-order valence-electron chi connectivity index (χ2n) is 7.98. The van der Waals surface area contributed by atoms with Gasteiger partial charge >= 0.3 is 0 Å². The van der Waals surface area contributed by atoms with Gasteiger partial charge in [-0.3, -0.25) is 0 Å². The highest BCUT2D eigenvalue weighted by Crippen LogP contribution is 2.37. The first kappa shape index (κ1) is 18.0. The highest BCUT2D eigenvalue weighted by molar-refractivity contribution is 6.19. The molecule has 3 aromatic heterocycles. The standard InChI is InChI=1S/C28H17N3O2/c1-2-7-19(8-3-1)27-29-30-28(33-27)20-9-6-10-21(17-20)31-23-12-5-4-11-22(23)25-24(31)14-13-18-15-16-32-26(18)25/h1-17H. The zero-order valence-corrected chi connectivity index (χ0v) is 17.5. The van der Waals surface area contributed by atoms with Crippen LogP contribution >= 0.6 is 0 Å². The summed E-state index contributed by atoms with van der Waals surface area (Å²) in [5.74, 6) is 0.998. The van der Waals surface area contributed by atoms with Crippen molar-refractivity contribution < 1.29 is 8.83 Å². The summed E-state index contributed by atoms with van der Waals surface area (Å²) in [6, 6.07) is 32.6. The number of rotatable bonds is 3.